The Morgan fingerprint density at radius 1 is 1.14 bits per heavy atom. The summed E-state index contributed by atoms with van der Waals surface area (Å²) in [7, 11) is 1.57. The van der Waals surface area contributed by atoms with E-state index in [1.54, 1.807) is 25.3 Å². The van der Waals surface area contributed by atoms with Gasteiger partial charge in [-0.2, -0.15) is 0 Å². The van der Waals surface area contributed by atoms with E-state index in [1.165, 1.54) is 31.7 Å². The number of nitrogens with one attached hydrogen (secondary N) is 1. The zero-order valence-corrected chi connectivity index (χ0v) is 17.2. The molecule has 3 rings (SSSR count). The van der Waals surface area contributed by atoms with Gasteiger partial charge in [0.05, 0.1) is 22.8 Å². The van der Waals surface area contributed by atoms with Crippen molar-refractivity contribution >= 4 is 34.8 Å². The van der Waals surface area contributed by atoms with Gasteiger partial charge in [0.2, 0.25) is 0 Å². The predicted octanol–water partition coefficient (Wildman–Crippen LogP) is 4.51. The number of carbonyl (C=O) groups is 1. The van der Waals surface area contributed by atoms with Gasteiger partial charge in [0.1, 0.15) is 6.61 Å². The van der Waals surface area contributed by atoms with Gasteiger partial charge in [-0.15, -0.1) is 0 Å². The van der Waals surface area contributed by atoms with Crippen LogP contribution in [0.25, 0.3) is 0 Å². The van der Waals surface area contributed by atoms with E-state index in [4.69, 9.17) is 32.7 Å². The van der Waals surface area contributed by atoms with Crippen molar-refractivity contribution in [2.75, 3.05) is 38.7 Å². The number of likely N-dealkylation sites (tertiary alicyclic amines) is 1. The lowest BCUT2D eigenvalue weighted by molar-refractivity contribution is 0.102. The molecule has 0 aliphatic carbocycles. The summed E-state index contributed by atoms with van der Waals surface area (Å²) in [5.41, 5.74) is 0.740. The Morgan fingerprint density at radius 3 is 2.54 bits per heavy atom. The number of methoxy groups -OCH3 is 1. The van der Waals surface area contributed by atoms with Crippen molar-refractivity contribution in [3.63, 3.8) is 0 Å². The van der Waals surface area contributed by atoms with E-state index in [9.17, 15) is 4.79 Å². The Labute approximate surface area is 174 Å². The molecule has 28 heavy (non-hydrogen) atoms. The molecule has 8 heteroatoms. The van der Waals surface area contributed by atoms with E-state index >= 15 is 0 Å². The molecule has 1 fully saturated rings. The molecule has 6 nitrogen and oxygen atoms in total. The highest BCUT2D eigenvalue weighted by Gasteiger charge is 2.16. The molecule has 1 aromatic heterocycles. The highest BCUT2D eigenvalue weighted by molar-refractivity contribution is 6.39. The van der Waals surface area contributed by atoms with Gasteiger partial charge in [0, 0.05) is 24.5 Å². The van der Waals surface area contributed by atoms with E-state index < -0.39 is 0 Å². The van der Waals surface area contributed by atoms with Crippen LogP contribution in [0.2, 0.25) is 10.0 Å². The Kier molecular flexibility index (Phi) is 7.36. The quantitative estimate of drug-likeness (QED) is 0.709. The number of nitrogens with zero attached hydrogens (tertiary/aromatic N) is 2. The van der Waals surface area contributed by atoms with Crippen LogP contribution >= 0.6 is 23.2 Å². The first-order valence-electron chi connectivity index (χ1n) is 9.22. The summed E-state index contributed by atoms with van der Waals surface area (Å²) in [5.74, 6) is 0.757. The zero-order valence-electron chi connectivity index (χ0n) is 15.7. The van der Waals surface area contributed by atoms with Crippen molar-refractivity contribution in [3.05, 3.63) is 46.2 Å². The van der Waals surface area contributed by atoms with Crippen LogP contribution in [0.1, 0.15) is 29.6 Å². The molecule has 1 aliphatic rings. The summed E-state index contributed by atoms with van der Waals surface area (Å²) in [6, 6.07) is 5.03. The molecule has 0 saturated carbocycles. The number of benzene rings is 1. The minimum Gasteiger partial charge on any atom is -0.493 e. The summed E-state index contributed by atoms with van der Waals surface area (Å²) in [5, 5.41) is 3.26. The third-order valence-electron chi connectivity index (χ3n) is 4.63. The summed E-state index contributed by atoms with van der Waals surface area (Å²) in [6.07, 6.45) is 6.62. The average Bonchev–Trinajstić information content (AvgIpc) is 2.71. The maximum absolute atomic E-state index is 12.6. The highest BCUT2D eigenvalue weighted by Crippen LogP contribution is 2.31. The number of rotatable bonds is 7. The molecule has 1 aromatic carbocycles. The van der Waals surface area contributed by atoms with Gasteiger partial charge in [0.25, 0.3) is 5.91 Å². The van der Waals surface area contributed by atoms with Crippen LogP contribution in [-0.2, 0) is 0 Å². The lowest BCUT2D eigenvalue weighted by atomic mass is 10.1. The number of hydrogen-bond donors (Lipinski definition) is 1. The van der Waals surface area contributed by atoms with Crippen molar-refractivity contribution in [2.45, 2.75) is 19.3 Å². The fourth-order valence-corrected chi connectivity index (χ4v) is 3.57. The SMILES string of the molecule is COc1ccc(C(=O)Nc2c(Cl)cncc2Cl)cc1OCCN1CCCCC1. The lowest BCUT2D eigenvalue weighted by Gasteiger charge is -2.26. The van der Waals surface area contributed by atoms with Crippen molar-refractivity contribution < 1.29 is 14.3 Å². The second-order valence-electron chi connectivity index (χ2n) is 6.55. The zero-order chi connectivity index (χ0) is 19.9. The number of piperidine rings is 1. The van der Waals surface area contributed by atoms with Gasteiger partial charge < -0.3 is 14.8 Å². The third kappa shape index (κ3) is 5.28. The Hall–Kier alpha value is -2.02. The fraction of sp³-hybridized carbons (Fsp3) is 0.400. The van der Waals surface area contributed by atoms with E-state index in [2.05, 4.69) is 15.2 Å². The van der Waals surface area contributed by atoms with Gasteiger partial charge in [-0.25, -0.2) is 0 Å². The summed E-state index contributed by atoms with van der Waals surface area (Å²) in [4.78, 5) is 18.9. The first-order chi connectivity index (χ1) is 13.6. The van der Waals surface area contributed by atoms with Gasteiger partial charge in [-0.05, 0) is 44.1 Å². The first kappa shape index (κ1) is 20.7. The van der Waals surface area contributed by atoms with Crippen LogP contribution in [0, 0.1) is 0 Å². The largest absolute Gasteiger partial charge is 0.493 e. The monoisotopic (exact) mass is 423 g/mol. The molecule has 0 bridgehead atoms. The topological polar surface area (TPSA) is 63.7 Å². The smallest absolute Gasteiger partial charge is 0.255 e. The molecular formula is C20H23Cl2N3O3. The van der Waals surface area contributed by atoms with Gasteiger partial charge >= 0.3 is 0 Å². The molecular weight excluding hydrogens is 401 g/mol. The third-order valence-corrected chi connectivity index (χ3v) is 5.20. The van der Waals surface area contributed by atoms with Crippen LogP contribution in [-0.4, -0.2) is 49.1 Å². The minimum absolute atomic E-state index is 0.271. The molecule has 1 N–H and O–H groups in total. The molecule has 0 spiro atoms. The van der Waals surface area contributed by atoms with E-state index in [-0.39, 0.29) is 16.0 Å². The van der Waals surface area contributed by atoms with Crippen molar-refractivity contribution in [3.8, 4) is 11.5 Å². The van der Waals surface area contributed by atoms with Crippen LogP contribution in [0.3, 0.4) is 0 Å². The summed E-state index contributed by atoms with van der Waals surface area (Å²) in [6.45, 7) is 3.60. The molecule has 150 valence electrons. The molecule has 1 aliphatic heterocycles. The summed E-state index contributed by atoms with van der Waals surface area (Å²) >= 11 is 12.1. The number of anilines is 1. The number of pyridine rings is 1. The molecule has 1 amide bonds. The number of aromatic nitrogens is 1. The Bertz CT molecular complexity index is 806. The normalized spacial score (nSPS) is 14.5. The molecule has 0 atom stereocenters. The van der Waals surface area contributed by atoms with Crippen molar-refractivity contribution in [1.29, 1.82) is 0 Å². The van der Waals surface area contributed by atoms with Gasteiger partial charge in [-0.3, -0.25) is 14.7 Å². The van der Waals surface area contributed by atoms with Crippen LogP contribution < -0.4 is 14.8 Å². The summed E-state index contributed by atoms with van der Waals surface area (Å²) < 4.78 is 11.3. The highest BCUT2D eigenvalue weighted by atomic mass is 35.5. The molecule has 0 unspecified atom stereocenters. The number of carbonyl (C=O) groups excluding carboxylic acids is 1. The van der Waals surface area contributed by atoms with Crippen molar-refractivity contribution in [1.82, 2.24) is 9.88 Å². The second-order valence-corrected chi connectivity index (χ2v) is 7.36. The number of hydrogen-bond acceptors (Lipinski definition) is 5. The molecule has 0 radical (unpaired) electrons. The Morgan fingerprint density at radius 2 is 1.86 bits per heavy atom. The molecule has 1 saturated heterocycles. The molecule has 2 aromatic rings. The molecule has 2 heterocycles. The van der Waals surface area contributed by atoms with Crippen LogP contribution in [0.5, 0.6) is 11.5 Å². The Balaban J connectivity index is 1.68. The van der Waals surface area contributed by atoms with E-state index in [0.29, 0.717) is 29.4 Å². The fourth-order valence-electron chi connectivity index (χ4n) is 3.11. The maximum Gasteiger partial charge on any atom is 0.255 e. The van der Waals surface area contributed by atoms with Crippen molar-refractivity contribution in [2.24, 2.45) is 0 Å². The van der Waals surface area contributed by atoms with Gasteiger partial charge in [-0.1, -0.05) is 29.6 Å². The standard InChI is InChI=1S/C20H23Cl2N3O3/c1-27-17-6-5-14(20(26)24-19-15(21)12-23-13-16(19)22)11-18(17)28-10-9-25-7-3-2-4-8-25/h5-6,11-13H,2-4,7-10H2,1H3,(H,23,24,26). The van der Waals surface area contributed by atoms with Gasteiger partial charge in [0.15, 0.2) is 11.5 Å². The van der Waals surface area contributed by atoms with Crippen LogP contribution in [0.15, 0.2) is 30.6 Å². The second kappa shape index (κ2) is 9.96. The lowest BCUT2D eigenvalue weighted by Crippen LogP contribution is -2.33. The van der Waals surface area contributed by atoms with Crippen LogP contribution in [0.4, 0.5) is 5.69 Å². The number of ether oxygens (including phenoxy) is 2. The number of halogens is 2. The van der Waals surface area contributed by atoms with E-state index in [1.807, 2.05) is 0 Å². The maximum atomic E-state index is 12.6. The first-order valence-corrected chi connectivity index (χ1v) is 9.97. The van der Waals surface area contributed by atoms with E-state index in [0.717, 1.165) is 19.6 Å². The minimum atomic E-state index is -0.349. The number of amides is 1. The average molecular weight is 424 g/mol. The predicted molar refractivity (Wildman–Crippen MR) is 111 cm³/mol.